The molecule has 0 amide bonds. The zero-order valence-electron chi connectivity index (χ0n) is 12.2. The van der Waals surface area contributed by atoms with Crippen LogP contribution in [-0.2, 0) is 13.0 Å². The highest BCUT2D eigenvalue weighted by molar-refractivity contribution is 5.33. The molecule has 2 aromatic rings. The second-order valence-corrected chi connectivity index (χ2v) is 5.27. The van der Waals surface area contributed by atoms with Crippen LogP contribution in [0.4, 0.5) is 0 Å². The average Bonchev–Trinajstić information content (AvgIpc) is 2.39. The minimum atomic E-state index is 0.958. The van der Waals surface area contributed by atoms with Crippen LogP contribution < -0.4 is 5.32 Å². The molecule has 0 saturated heterocycles. The van der Waals surface area contributed by atoms with Gasteiger partial charge >= 0.3 is 0 Å². The van der Waals surface area contributed by atoms with Crippen LogP contribution in [0, 0.1) is 20.8 Å². The van der Waals surface area contributed by atoms with Gasteiger partial charge in [0.05, 0.1) is 0 Å². The lowest BCUT2D eigenvalue weighted by Gasteiger charge is -2.10. The first-order chi connectivity index (χ1) is 9.16. The van der Waals surface area contributed by atoms with Crippen molar-refractivity contribution in [3.63, 3.8) is 0 Å². The standard InChI is InChI=1S/C18H23N/c1-14-6-4-8-17(12-14)10-11-19-13-18-9-5-7-15(2)16(18)3/h4-9,12,19H,10-11,13H2,1-3H3. The lowest BCUT2D eigenvalue weighted by atomic mass is 10.0. The molecular weight excluding hydrogens is 230 g/mol. The van der Waals surface area contributed by atoms with Gasteiger partial charge in [-0.05, 0) is 56.0 Å². The Morgan fingerprint density at radius 3 is 2.53 bits per heavy atom. The highest BCUT2D eigenvalue weighted by atomic mass is 14.8. The number of aryl methyl sites for hydroxylation is 2. The Kier molecular flexibility index (Phi) is 4.75. The monoisotopic (exact) mass is 253 g/mol. The molecule has 0 aliphatic rings. The molecule has 0 aliphatic carbocycles. The highest BCUT2D eigenvalue weighted by Gasteiger charge is 2.00. The van der Waals surface area contributed by atoms with Gasteiger partial charge in [-0.3, -0.25) is 0 Å². The zero-order valence-corrected chi connectivity index (χ0v) is 12.2. The van der Waals surface area contributed by atoms with Crippen molar-refractivity contribution in [3.05, 3.63) is 70.3 Å². The molecule has 0 heterocycles. The molecule has 0 bridgehead atoms. The molecule has 19 heavy (non-hydrogen) atoms. The first kappa shape index (κ1) is 13.8. The van der Waals surface area contributed by atoms with E-state index < -0.39 is 0 Å². The zero-order chi connectivity index (χ0) is 13.7. The van der Waals surface area contributed by atoms with Crippen LogP contribution in [0.1, 0.15) is 27.8 Å². The second kappa shape index (κ2) is 6.53. The smallest absolute Gasteiger partial charge is 0.0208 e. The summed E-state index contributed by atoms with van der Waals surface area (Å²) in [5.74, 6) is 0. The van der Waals surface area contributed by atoms with E-state index in [9.17, 15) is 0 Å². The van der Waals surface area contributed by atoms with Crippen LogP contribution in [0.15, 0.2) is 42.5 Å². The van der Waals surface area contributed by atoms with E-state index in [2.05, 4.69) is 68.6 Å². The fourth-order valence-electron chi connectivity index (χ4n) is 2.33. The van der Waals surface area contributed by atoms with Crippen molar-refractivity contribution in [3.8, 4) is 0 Å². The molecule has 0 atom stereocenters. The normalized spacial score (nSPS) is 10.7. The topological polar surface area (TPSA) is 12.0 Å². The molecule has 0 radical (unpaired) electrons. The molecule has 0 aromatic heterocycles. The lowest BCUT2D eigenvalue weighted by Crippen LogP contribution is -2.17. The van der Waals surface area contributed by atoms with Crippen LogP contribution in [-0.4, -0.2) is 6.54 Å². The third-order valence-corrected chi connectivity index (χ3v) is 3.71. The third-order valence-electron chi connectivity index (χ3n) is 3.71. The average molecular weight is 253 g/mol. The number of hydrogen-bond acceptors (Lipinski definition) is 1. The number of nitrogens with one attached hydrogen (secondary N) is 1. The molecule has 2 rings (SSSR count). The van der Waals surface area contributed by atoms with Crippen molar-refractivity contribution < 1.29 is 0 Å². The Hall–Kier alpha value is -1.60. The maximum absolute atomic E-state index is 3.54. The van der Waals surface area contributed by atoms with Gasteiger partial charge in [0.2, 0.25) is 0 Å². The van der Waals surface area contributed by atoms with Gasteiger partial charge in [0.25, 0.3) is 0 Å². The van der Waals surface area contributed by atoms with Gasteiger partial charge in [0.15, 0.2) is 0 Å². The molecule has 0 unspecified atom stereocenters. The Balaban J connectivity index is 1.82. The summed E-state index contributed by atoms with van der Waals surface area (Å²) in [4.78, 5) is 0. The van der Waals surface area contributed by atoms with Crippen molar-refractivity contribution in [1.82, 2.24) is 5.32 Å². The van der Waals surface area contributed by atoms with Crippen molar-refractivity contribution in [2.75, 3.05) is 6.54 Å². The van der Waals surface area contributed by atoms with E-state index in [1.54, 1.807) is 0 Å². The highest BCUT2D eigenvalue weighted by Crippen LogP contribution is 2.12. The summed E-state index contributed by atoms with van der Waals surface area (Å²) in [6, 6.07) is 15.3. The van der Waals surface area contributed by atoms with Gasteiger partial charge in [0, 0.05) is 6.54 Å². The van der Waals surface area contributed by atoms with Crippen molar-refractivity contribution in [2.24, 2.45) is 0 Å². The summed E-state index contributed by atoms with van der Waals surface area (Å²) >= 11 is 0. The Labute approximate surface area is 116 Å². The largest absolute Gasteiger partial charge is 0.312 e. The van der Waals surface area contributed by atoms with Crippen molar-refractivity contribution in [1.29, 1.82) is 0 Å². The number of rotatable bonds is 5. The van der Waals surface area contributed by atoms with Gasteiger partial charge in [-0.1, -0.05) is 48.0 Å². The molecule has 1 heteroatoms. The summed E-state index contributed by atoms with van der Waals surface area (Å²) in [7, 11) is 0. The van der Waals surface area contributed by atoms with Crippen LogP contribution >= 0.6 is 0 Å². The van der Waals surface area contributed by atoms with Gasteiger partial charge in [0.1, 0.15) is 0 Å². The van der Waals surface area contributed by atoms with E-state index in [0.717, 1.165) is 19.5 Å². The summed E-state index contributed by atoms with van der Waals surface area (Å²) in [6.45, 7) is 8.50. The van der Waals surface area contributed by atoms with E-state index in [1.807, 2.05) is 0 Å². The number of hydrogen-bond donors (Lipinski definition) is 1. The predicted molar refractivity (Wildman–Crippen MR) is 82.5 cm³/mol. The maximum atomic E-state index is 3.54. The van der Waals surface area contributed by atoms with Crippen LogP contribution in [0.3, 0.4) is 0 Å². The third kappa shape index (κ3) is 3.93. The predicted octanol–water partition coefficient (Wildman–Crippen LogP) is 3.94. The Morgan fingerprint density at radius 1 is 0.947 bits per heavy atom. The van der Waals surface area contributed by atoms with Crippen molar-refractivity contribution >= 4 is 0 Å². The van der Waals surface area contributed by atoms with E-state index in [4.69, 9.17) is 0 Å². The molecule has 1 nitrogen and oxygen atoms in total. The fourth-order valence-corrected chi connectivity index (χ4v) is 2.33. The molecular formula is C18H23N. The maximum Gasteiger partial charge on any atom is 0.0208 e. The Bertz CT molecular complexity index is 543. The number of benzene rings is 2. The molecule has 0 aliphatic heterocycles. The van der Waals surface area contributed by atoms with E-state index >= 15 is 0 Å². The van der Waals surface area contributed by atoms with E-state index in [-0.39, 0.29) is 0 Å². The SMILES string of the molecule is Cc1cccc(CCNCc2cccc(C)c2C)c1. The minimum absolute atomic E-state index is 0.958. The van der Waals surface area contributed by atoms with Crippen LogP contribution in [0.5, 0.6) is 0 Å². The quantitative estimate of drug-likeness (QED) is 0.796. The summed E-state index contributed by atoms with van der Waals surface area (Å²) < 4.78 is 0. The van der Waals surface area contributed by atoms with E-state index in [0.29, 0.717) is 0 Å². The fraction of sp³-hybridized carbons (Fsp3) is 0.333. The molecule has 2 aromatic carbocycles. The van der Waals surface area contributed by atoms with Gasteiger partial charge < -0.3 is 5.32 Å². The summed E-state index contributed by atoms with van der Waals surface area (Å²) in [5.41, 5.74) is 6.94. The molecule has 100 valence electrons. The van der Waals surface area contributed by atoms with Crippen LogP contribution in [0.25, 0.3) is 0 Å². The van der Waals surface area contributed by atoms with Gasteiger partial charge in [-0.25, -0.2) is 0 Å². The summed E-state index contributed by atoms with van der Waals surface area (Å²) in [6.07, 6.45) is 1.09. The lowest BCUT2D eigenvalue weighted by molar-refractivity contribution is 0.684. The van der Waals surface area contributed by atoms with Gasteiger partial charge in [-0.15, -0.1) is 0 Å². The van der Waals surface area contributed by atoms with Crippen molar-refractivity contribution in [2.45, 2.75) is 33.7 Å². The summed E-state index contributed by atoms with van der Waals surface area (Å²) in [5, 5.41) is 3.54. The first-order valence-electron chi connectivity index (χ1n) is 6.98. The molecule has 0 saturated carbocycles. The first-order valence-corrected chi connectivity index (χ1v) is 6.98. The molecule has 0 spiro atoms. The minimum Gasteiger partial charge on any atom is -0.312 e. The van der Waals surface area contributed by atoms with Gasteiger partial charge in [-0.2, -0.15) is 0 Å². The second-order valence-electron chi connectivity index (χ2n) is 5.27. The molecule has 0 fully saturated rings. The Morgan fingerprint density at radius 2 is 1.74 bits per heavy atom. The van der Waals surface area contributed by atoms with Crippen LogP contribution in [0.2, 0.25) is 0 Å². The van der Waals surface area contributed by atoms with E-state index in [1.165, 1.54) is 27.8 Å². The molecule has 1 N–H and O–H groups in total.